The van der Waals surface area contributed by atoms with Gasteiger partial charge in [-0.15, -0.1) is 11.3 Å². The van der Waals surface area contributed by atoms with Crippen LogP contribution in [-0.4, -0.2) is 18.1 Å². The van der Waals surface area contributed by atoms with Crippen molar-refractivity contribution in [1.82, 2.24) is 4.98 Å². The molecule has 0 radical (unpaired) electrons. The van der Waals surface area contributed by atoms with Crippen LogP contribution in [0.2, 0.25) is 0 Å². The van der Waals surface area contributed by atoms with E-state index in [9.17, 15) is 0 Å². The summed E-state index contributed by atoms with van der Waals surface area (Å²) in [6, 6.07) is 10.3. The number of nitrogens with zero attached hydrogens (tertiary/aromatic N) is 2. The molecule has 0 unspecified atom stereocenters. The summed E-state index contributed by atoms with van der Waals surface area (Å²) in [5, 5.41) is 4.52. The summed E-state index contributed by atoms with van der Waals surface area (Å²) in [5.74, 6) is 0. The Bertz CT molecular complexity index is 463. The van der Waals surface area contributed by atoms with E-state index in [-0.39, 0.29) is 0 Å². The van der Waals surface area contributed by atoms with Gasteiger partial charge in [0.1, 0.15) is 0 Å². The first-order valence-corrected chi connectivity index (χ1v) is 7.13. The second kappa shape index (κ2) is 6.40. The Morgan fingerprint density at radius 2 is 1.89 bits per heavy atom. The number of hydrogen-bond donors (Lipinski definition) is 1. The lowest BCUT2D eigenvalue weighted by Gasteiger charge is -2.16. The molecule has 0 fully saturated rings. The summed E-state index contributed by atoms with van der Waals surface area (Å²) in [6.07, 6.45) is 1.97. The van der Waals surface area contributed by atoms with Crippen molar-refractivity contribution >= 4 is 22.2 Å². The monoisotopic (exact) mass is 261 g/mol. The fourth-order valence-electron chi connectivity index (χ4n) is 1.76. The van der Waals surface area contributed by atoms with E-state index in [0.29, 0.717) is 0 Å². The molecule has 3 nitrogen and oxygen atoms in total. The Hall–Kier alpha value is -1.55. The van der Waals surface area contributed by atoms with Gasteiger partial charge in [-0.1, -0.05) is 18.2 Å². The average Bonchev–Trinajstić information content (AvgIpc) is 2.88. The number of nitrogens with one attached hydrogen (secondary N) is 1. The lowest BCUT2D eigenvalue weighted by molar-refractivity contribution is 0.860. The highest BCUT2D eigenvalue weighted by Gasteiger charge is 2.07. The molecule has 0 amide bonds. The molecule has 1 heterocycles. The first kappa shape index (κ1) is 12.9. The third-order valence-electron chi connectivity index (χ3n) is 2.82. The highest BCUT2D eigenvalue weighted by molar-refractivity contribution is 7.15. The first-order chi connectivity index (χ1) is 8.83. The fraction of sp³-hybridized carbons (Fsp3) is 0.357. The van der Waals surface area contributed by atoms with Crippen molar-refractivity contribution in [3.63, 3.8) is 0 Å². The van der Waals surface area contributed by atoms with E-state index in [1.165, 1.54) is 4.88 Å². The molecule has 18 heavy (non-hydrogen) atoms. The van der Waals surface area contributed by atoms with Gasteiger partial charge in [-0.05, 0) is 26.0 Å². The maximum absolute atomic E-state index is 4.47. The lowest BCUT2D eigenvalue weighted by atomic mass is 10.3. The molecule has 1 aromatic carbocycles. The van der Waals surface area contributed by atoms with Crippen molar-refractivity contribution in [3.05, 3.63) is 41.4 Å². The van der Waals surface area contributed by atoms with Crippen LogP contribution in [0.25, 0.3) is 0 Å². The summed E-state index contributed by atoms with van der Waals surface area (Å²) >= 11 is 1.76. The quantitative estimate of drug-likeness (QED) is 0.861. The number of para-hydroxylation sites is 1. The minimum absolute atomic E-state index is 0.836. The molecule has 0 spiro atoms. The van der Waals surface area contributed by atoms with E-state index < -0.39 is 0 Å². The largest absolute Gasteiger partial charge is 0.380 e. The molecule has 0 aliphatic rings. The predicted octanol–water partition coefficient (Wildman–Crippen LogP) is 3.60. The molecule has 0 saturated heterocycles. The Labute approximate surface area is 112 Å². The zero-order chi connectivity index (χ0) is 12.8. The lowest BCUT2D eigenvalue weighted by Crippen LogP contribution is -2.21. The summed E-state index contributed by atoms with van der Waals surface area (Å²) in [4.78, 5) is 8.01. The molecule has 0 atom stereocenters. The molecule has 2 aromatic rings. The predicted molar refractivity (Wildman–Crippen MR) is 79.4 cm³/mol. The van der Waals surface area contributed by atoms with Gasteiger partial charge in [0.2, 0.25) is 0 Å². The van der Waals surface area contributed by atoms with Crippen molar-refractivity contribution in [1.29, 1.82) is 0 Å². The second-order valence-corrected chi connectivity index (χ2v) is 5.09. The summed E-state index contributed by atoms with van der Waals surface area (Å²) in [7, 11) is 0. The smallest absolute Gasteiger partial charge is 0.185 e. The van der Waals surface area contributed by atoms with Gasteiger partial charge in [0.25, 0.3) is 0 Å². The van der Waals surface area contributed by atoms with E-state index >= 15 is 0 Å². The third kappa shape index (κ3) is 3.23. The Morgan fingerprint density at radius 3 is 2.56 bits per heavy atom. The second-order valence-electron chi connectivity index (χ2n) is 4.00. The first-order valence-electron chi connectivity index (χ1n) is 6.32. The van der Waals surface area contributed by atoms with E-state index in [0.717, 1.165) is 30.5 Å². The van der Waals surface area contributed by atoms with Gasteiger partial charge in [0, 0.05) is 29.9 Å². The van der Waals surface area contributed by atoms with Crippen molar-refractivity contribution < 1.29 is 0 Å². The third-order valence-corrected chi connectivity index (χ3v) is 3.87. The van der Waals surface area contributed by atoms with Gasteiger partial charge in [0.15, 0.2) is 5.13 Å². The number of rotatable bonds is 6. The van der Waals surface area contributed by atoms with Crippen LogP contribution in [0.5, 0.6) is 0 Å². The Kier molecular flexibility index (Phi) is 4.59. The maximum atomic E-state index is 4.47. The van der Waals surface area contributed by atoms with Gasteiger partial charge in [0.05, 0.1) is 6.54 Å². The van der Waals surface area contributed by atoms with Crippen molar-refractivity contribution in [2.24, 2.45) is 0 Å². The molecule has 0 aliphatic carbocycles. The molecule has 1 N–H and O–H groups in total. The molecular formula is C14H19N3S. The summed E-state index contributed by atoms with van der Waals surface area (Å²) < 4.78 is 0. The topological polar surface area (TPSA) is 28.2 Å². The molecule has 96 valence electrons. The maximum Gasteiger partial charge on any atom is 0.185 e. The van der Waals surface area contributed by atoms with Gasteiger partial charge >= 0.3 is 0 Å². The molecule has 0 bridgehead atoms. The zero-order valence-electron chi connectivity index (χ0n) is 10.9. The average molecular weight is 261 g/mol. The number of hydrogen-bond acceptors (Lipinski definition) is 4. The fourth-order valence-corrected chi connectivity index (χ4v) is 2.74. The standard InChI is InChI=1S/C14H19N3S/c1-3-17(4-2)14-16-11-13(18-14)10-15-12-8-6-5-7-9-12/h5-9,11,15H,3-4,10H2,1-2H3. The highest BCUT2D eigenvalue weighted by atomic mass is 32.1. The van der Waals surface area contributed by atoms with Crippen LogP contribution < -0.4 is 10.2 Å². The van der Waals surface area contributed by atoms with Gasteiger partial charge < -0.3 is 10.2 Å². The van der Waals surface area contributed by atoms with Crippen LogP contribution >= 0.6 is 11.3 Å². The van der Waals surface area contributed by atoms with E-state index in [1.54, 1.807) is 11.3 Å². The number of aromatic nitrogens is 1. The van der Waals surface area contributed by atoms with Crippen molar-refractivity contribution in [2.45, 2.75) is 20.4 Å². The van der Waals surface area contributed by atoms with Gasteiger partial charge in [-0.2, -0.15) is 0 Å². The van der Waals surface area contributed by atoms with Crippen LogP contribution in [0.15, 0.2) is 36.5 Å². The normalized spacial score (nSPS) is 10.3. The minimum atomic E-state index is 0.836. The van der Waals surface area contributed by atoms with Crippen molar-refractivity contribution in [2.75, 3.05) is 23.3 Å². The van der Waals surface area contributed by atoms with Gasteiger partial charge in [-0.3, -0.25) is 0 Å². The highest BCUT2D eigenvalue weighted by Crippen LogP contribution is 2.22. The molecule has 2 rings (SSSR count). The van der Waals surface area contributed by atoms with Crippen LogP contribution in [0.3, 0.4) is 0 Å². The van der Waals surface area contributed by atoms with Crippen LogP contribution in [0, 0.1) is 0 Å². The molecule has 0 aliphatic heterocycles. The van der Waals surface area contributed by atoms with Crippen LogP contribution in [0.1, 0.15) is 18.7 Å². The minimum Gasteiger partial charge on any atom is -0.380 e. The van der Waals surface area contributed by atoms with Crippen molar-refractivity contribution in [3.8, 4) is 0 Å². The SMILES string of the molecule is CCN(CC)c1ncc(CNc2ccccc2)s1. The number of anilines is 2. The molecule has 1 aromatic heterocycles. The molecule has 0 saturated carbocycles. The van der Waals surface area contributed by atoms with Crippen LogP contribution in [-0.2, 0) is 6.54 Å². The molecular weight excluding hydrogens is 242 g/mol. The number of thiazole rings is 1. The molecule has 4 heteroatoms. The Morgan fingerprint density at radius 1 is 1.17 bits per heavy atom. The zero-order valence-corrected chi connectivity index (χ0v) is 11.7. The van der Waals surface area contributed by atoms with E-state index in [1.807, 2.05) is 24.4 Å². The number of benzene rings is 1. The summed E-state index contributed by atoms with van der Waals surface area (Å²) in [6.45, 7) is 7.17. The van der Waals surface area contributed by atoms with E-state index in [4.69, 9.17) is 0 Å². The Balaban J connectivity index is 1.95. The van der Waals surface area contributed by atoms with Crippen LogP contribution in [0.4, 0.5) is 10.8 Å². The summed E-state index contributed by atoms with van der Waals surface area (Å²) in [5.41, 5.74) is 1.15. The van der Waals surface area contributed by atoms with E-state index in [2.05, 4.69) is 41.2 Å². The van der Waals surface area contributed by atoms with Gasteiger partial charge in [-0.25, -0.2) is 4.98 Å².